The lowest BCUT2D eigenvalue weighted by Gasteiger charge is -2.34. The standard InChI is InChI=1S/C16H24ClNO3/c1-6-20-13-9-8-12(10-14(13)21-7-2)15(19)18(5)16(3,4)11-17/h8-10H,6-7,11H2,1-5H3. The molecule has 1 rings (SSSR count). The molecular weight excluding hydrogens is 290 g/mol. The van der Waals surface area contributed by atoms with Crippen LogP contribution in [-0.2, 0) is 0 Å². The van der Waals surface area contributed by atoms with Gasteiger partial charge < -0.3 is 14.4 Å². The van der Waals surface area contributed by atoms with Gasteiger partial charge >= 0.3 is 0 Å². The molecule has 0 fully saturated rings. The fourth-order valence-corrected chi connectivity index (χ4v) is 1.92. The number of rotatable bonds is 7. The first-order valence-corrected chi connectivity index (χ1v) is 7.64. The lowest BCUT2D eigenvalue weighted by molar-refractivity contribution is 0.0659. The lowest BCUT2D eigenvalue weighted by Crippen LogP contribution is -2.46. The number of hydrogen-bond donors (Lipinski definition) is 0. The highest BCUT2D eigenvalue weighted by Crippen LogP contribution is 2.29. The summed E-state index contributed by atoms with van der Waals surface area (Å²) in [4.78, 5) is 14.2. The van der Waals surface area contributed by atoms with Crippen molar-refractivity contribution in [1.82, 2.24) is 4.90 Å². The van der Waals surface area contributed by atoms with Crippen LogP contribution in [0.1, 0.15) is 38.1 Å². The van der Waals surface area contributed by atoms with E-state index < -0.39 is 5.54 Å². The van der Waals surface area contributed by atoms with E-state index in [-0.39, 0.29) is 5.91 Å². The second-order valence-corrected chi connectivity index (χ2v) is 5.61. The van der Waals surface area contributed by atoms with Crippen molar-refractivity contribution in [1.29, 1.82) is 0 Å². The van der Waals surface area contributed by atoms with Gasteiger partial charge in [0.25, 0.3) is 5.91 Å². The molecule has 1 aromatic rings. The van der Waals surface area contributed by atoms with E-state index in [9.17, 15) is 4.79 Å². The second kappa shape index (κ2) is 7.55. The molecule has 118 valence electrons. The Hall–Kier alpha value is -1.42. The molecule has 0 bridgehead atoms. The summed E-state index contributed by atoms with van der Waals surface area (Å²) in [5.74, 6) is 1.51. The summed E-state index contributed by atoms with van der Waals surface area (Å²) in [5, 5.41) is 0. The summed E-state index contributed by atoms with van der Waals surface area (Å²) in [5.41, 5.74) is 0.144. The first-order chi connectivity index (χ1) is 9.87. The maximum absolute atomic E-state index is 12.5. The number of halogens is 1. The number of benzene rings is 1. The molecule has 0 saturated carbocycles. The lowest BCUT2D eigenvalue weighted by atomic mass is 10.0. The Bertz CT molecular complexity index is 488. The smallest absolute Gasteiger partial charge is 0.254 e. The summed E-state index contributed by atoms with van der Waals surface area (Å²) in [6, 6.07) is 5.23. The Labute approximate surface area is 132 Å². The molecule has 0 aromatic heterocycles. The average Bonchev–Trinajstić information content (AvgIpc) is 2.48. The summed E-state index contributed by atoms with van der Waals surface area (Å²) in [7, 11) is 1.75. The third kappa shape index (κ3) is 4.27. The van der Waals surface area contributed by atoms with Gasteiger partial charge in [0.15, 0.2) is 11.5 Å². The van der Waals surface area contributed by atoms with Crippen LogP contribution in [0.5, 0.6) is 11.5 Å². The van der Waals surface area contributed by atoms with Crippen LogP contribution in [0.25, 0.3) is 0 Å². The molecule has 0 heterocycles. The molecule has 0 aliphatic carbocycles. The third-order valence-corrected chi connectivity index (χ3v) is 3.98. The Balaban J connectivity index is 3.08. The van der Waals surface area contributed by atoms with E-state index in [1.54, 1.807) is 30.1 Å². The zero-order valence-corrected chi connectivity index (χ0v) is 14.2. The molecule has 0 aliphatic heterocycles. The molecule has 1 aromatic carbocycles. The average molecular weight is 314 g/mol. The molecule has 1 amide bonds. The van der Waals surface area contributed by atoms with E-state index in [1.807, 2.05) is 27.7 Å². The highest BCUT2D eigenvalue weighted by molar-refractivity contribution is 6.18. The number of amides is 1. The summed E-state index contributed by atoms with van der Waals surface area (Å²) >= 11 is 5.93. The Morgan fingerprint density at radius 1 is 1.19 bits per heavy atom. The van der Waals surface area contributed by atoms with Crippen LogP contribution >= 0.6 is 11.6 Å². The quantitative estimate of drug-likeness (QED) is 0.722. The minimum absolute atomic E-state index is 0.0929. The molecule has 5 heteroatoms. The number of ether oxygens (including phenoxy) is 2. The fraction of sp³-hybridized carbons (Fsp3) is 0.562. The first kappa shape index (κ1) is 17.6. The number of carbonyl (C=O) groups is 1. The Morgan fingerprint density at radius 3 is 2.29 bits per heavy atom. The molecule has 21 heavy (non-hydrogen) atoms. The highest BCUT2D eigenvalue weighted by Gasteiger charge is 2.27. The number of carbonyl (C=O) groups excluding carboxylic acids is 1. The van der Waals surface area contributed by atoms with Crippen molar-refractivity contribution in [2.75, 3.05) is 26.1 Å². The van der Waals surface area contributed by atoms with Gasteiger partial charge in [-0.15, -0.1) is 11.6 Å². The summed E-state index contributed by atoms with van der Waals surface area (Å²) < 4.78 is 11.1. The number of nitrogens with zero attached hydrogens (tertiary/aromatic N) is 1. The Kier molecular flexibility index (Phi) is 6.34. The molecule has 0 unspecified atom stereocenters. The van der Waals surface area contributed by atoms with Gasteiger partial charge in [0.05, 0.1) is 18.8 Å². The van der Waals surface area contributed by atoms with Crippen molar-refractivity contribution in [3.8, 4) is 11.5 Å². The molecule has 0 saturated heterocycles. The van der Waals surface area contributed by atoms with Crippen LogP contribution in [0.15, 0.2) is 18.2 Å². The van der Waals surface area contributed by atoms with Gasteiger partial charge in [-0.3, -0.25) is 4.79 Å². The van der Waals surface area contributed by atoms with Crippen molar-refractivity contribution in [2.45, 2.75) is 33.2 Å². The monoisotopic (exact) mass is 313 g/mol. The predicted octanol–water partition coefficient (Wildman–Crippen LogP) is 3.57. The van der Waals surface area contributed by atoms with Crippen molar-refractivity contribution >= 4 is 17.5 Å². The zero-order valence-electron chi connectivity index (χ0n) is 13.4. The Morgan fingerprint density at radius 2 is 1.76 bits per heavy atom. The number of hydrogen-bond acceptors (Lipinski definition) is 3. The summed E-state index contributed by atoms with van der Waals surface area (Å²) in [6.45, 7) is 8.72. The van der Waals surface area contributed by atoms with E-state index in [4.69, 9.17) is 21.1 Å². The highest BCUT2D eigenvalue weighted by atomic mass is 35.5. The van der Waals surface area contributed by atoms with E-state index in [2.05, 4.69) is 0 Å². The molecule has 0 spiro atoms. The van der Waals surface area contributed by atoms with Crippen LogP contribution in [-0.4, -0.2) is 42.5 Å². The van der Waals surface area contributed by atoms with Crippen LogP contribution in [0.4, 0.5) is 0 Å². The van der Waals surface area contributed by atoms with Gasteiger partial charge in [-0.05, 0) is 45.9 Å². The van der Waals surface area contributed by atoms with Crippen LogP contribution in [0.3, 0.4) is 0 Å². The topological polar surface area (TPSA) is 38.8 Å². The molecule has 0 N–H and O–H groups in total. The maximum atomic E-state index is 12.5. The van der Waals surface area contributed by atoms with Gasteiger partial charge in [0.2, 0.25) is 0 Å². The second-order valence-electron chi connectivity index (χ2n) is 5.34. The van der Waals surface area contributed by atoms with Gasteiger partial charge in [-0.2, -0.15) is 0 Å². The van der Waals surface area contributed by atoms with Gasteiger partial charge in [-0.25, -0.2) is 0 Å². The largest absolute Gasteiger partial charge is 0.490 e. The van der Waals surface area contributed by atoms with Gasteiger partial charge in [0.1, 0.15) is 0 Å². The van der Waals surface area contributed by atoms with Crippen LogP contribution in [0, 0.1) is 0 Å². The molecule has 0 radical (unpaired) electrons. The fourth-order valence-electron chi connectivity index (χ4n) is 1.74. The molecule has 4 nitrogen and oxygen atoms in total. The summed E-state index contributed by atoms with van der Waals surface area (Å²) in [6.07, 6.45) is 0. The van der Waals surface area contributed by atoms with Crippen LogP contribution in [0.2, 0.25) is 0 Å². The predicted molar refractivity (Wildman–Crippen MR) is 85.7 cm³/mol. The zero-order chi connectivity index (χ0) is 16.0. The van der Waals surface area contributed by atoms with E-state index in [1.165, 1.54) is 0 Å². The van der Waals surface area contributed by atoms with Crippen molar-refractivity contribution in [3.05, 3.63) is 23.8 Å². The van der Waals surface area contributed by atoms with Crippen LogP contribution < -0.4 is 9.47 Å². The van der Waals surface area contributed by atoms with Crippen molar-refractivity contribution < 1.29 is 14.3 Å². The number of alkyl halides is 1. The van der Waals surface area contributed by atoms with Gasteiger partial charge in [-0.1, -0.05) is 0 Å². The molecular formula is C16H24ClNO3. The minimum atomic E-state index is -0.414. The van der Waals surface area contributed by atoms with Gasteiger partial charge in [0, 0.05) is 18.5 Å². The van der Waals surface area contributed by atoms with Crippen molar-refractivity contribution in [2.24, 2.45) is 0 Å². The first-order valence-electron chi connectivity index (χ1n) is 7.11. The molecule has 0 atom stereocenters. The van der Waals surface area contributed by atoms with E-state index >= 15 is 0 Å². The molecule has 0 aliphatic rings. The SMILES string of the molecule is CCOc1ccc(C(=O)N(C)C(C)(C)CCl)cc1OCC. The minimum Gasteiger partial charge on any atom is -0.490 e. The normalized spacial score (nSPS) is 11.1. The maximum Gasteiger partial charge on any atom is 0.254 e. The van der Waals surface area contributed by atoms with E-state index in [0.29, 0.717) is 36.2 Å². The van der Waals surface area contributed by atoms with Crippen molar-refractivity contribution in [3.63, 3.8) is 0 Å². The third-order valence-electron chi connectivity index (χ3n) is 3.33. The van der Waals surface area contributed by atoms with E-state index in [0.717, 1.165) is 0 Å².